The molecule has 2 aromatic carbocycles. The highest BCUT2D eigenvalue weighted by molar-refractivity contribution is 5.85. The van der Waals surface area contributed by atoms with Gasteiger partial charge in [0.05, 0.1) is 0 Å². The number of hydrogen-bond donors (Lipinski definition) is 2. The van der Waals surface area contributed by atoms with E-state index in [4.69, 9.17) is 0 Å². The second-order valence-electron chi connectivity index (χ2n) is 6.24. The lowest BCUT2D eigenvalue weighted by Crippen LogP contribution is -2.34. The maximum Gasteiger partial charge on any atom is 0.330 e. The van der Waals surface area contributed by atoms with Crippen LogP contribution in [0.5, 0.6) is 0 Å². The van der Waals surface area contributed by atoms with Crippen molar-refractivity contribution in [3.8, 4) is 0 Å². The zero-order valence-electron chi connectivity index (χ0n) is 13.4. The Balaban J connectivity index is 1.70. The number of hydrogen-bond acceptors (Lipinski definition) is 2. The second-order valence-corrected chi connectivity index (χ2v) is 6.24. The molecule has 0 spiro atoms. The minimum atomic E-state index is -1.04. The monoisotopic (exact) mass is 323 g/mol. The van der Waals surface area contributed by atoms with Crippen LogP contribution in [0.25, 0.3) is 0 Å². The van der Waals surface area contributed by atoms with Gasteiger partial charge in [0.2, 0.25) is 5.91 Å². The Morgan fingerprint density at radius 1 is 1.08 bits per heavy atom. The molecule has 3 rings (SSSR count). The zero-order chi connectivity index (χ0) is 16.9. The standard InChI is InChI=1S/C20H21NO3/c22-18(21-19(20(23)24)15-8-2-1-3-9-15)13-16-11-6-10-14-7-4-5-12-17(14)16/h1-5,7-9,12,16,19H,6,10-11,13H2,(H,21,22)(H,23,24). The van der Waals surface area contributed by atoms with E-state index in [2.05, 4.69) is 17.4 Å². The molecule has 0 aliphatic heterocycles. The molecule has 0 saturated heterocycles. The minimum absolute atomic E-state index is 0.167. The van der Waals surface area contributed by atoms with Gasteiger partial charge in [-0.2, -0.15) is 0 Å². The number of aryl methyl sites for hydroxylation is 1. The van der Waals surface area contributed by atoms with Crippen molar-refractivity contribution in [1.29, 1.82) is 0 Å². The summed E-state index contributed by atoms with van der Waals surface area (Å²) in [6, 6.07) is 16.0. The van der Waals surface area contributed by atoms with Crippen LogP contribution in [-0.4, -0.2) is 17.0 Å². The summed E-state index contributed by atoms with van der Waals surface area (Å²) < 4.78 is 0. The third-order valence-electron chi connectivity index (χ3n) is 4.61. The van der Waals surface area contributed by atoms with Crippen LogP contribution < -0.4 is 5.32 Å². The van der Waals surface area contributed by atoms with Gasteiger partial charge in [0.1, 0.15) is 0 Å². The van der Waals surface area contributed by atoms with E-state index >= 15 is 0 Å². The van der Waals surface area contributed by atoms with E-state index in [0.717, 1.165) is 19.3 Å². The summed E-state index contributed by atoms with van der Waals surface area (Å²) in [5.74, 6) is -1.09. The van der Waals surface area contributed by atoms with Crippen molar-refractivity contribution in [2.75, 3.05) is 0 Å². The highest BCUT2D eigenvalue weighted by atomic mass is 16.4. The topological polar surface area (TPSA) is 66.4 Å². The van der Waals surface area contributed by atoms with E-state index in [9.17, 15) is 14.7 Å². The first-order valence-electron chi connectivity index (χ1n) is 8.30. The molecule has 2 unspecified atom stereocenters. The molecule has 0 bridgehead atoms. The molecule has 124 valence electrons. The number of rotatable bonds is 5. The van der Waals surface area contributed by atoms with Crippen molar-refractivity contribution in [3.05, 3.63) is 71.3 Å². The van der Waals surface area contributed by atoms with Gasteiger partial charge in [-0.25, -0.2) is 4.79 Å². The molecular weight excluding hydrogens is 302 g/mol. The summed E-state index contributed by atoms with van der Waals surface area (Å²) in [7, 11) is 0. The average molecular weight is 323 g/mol. The first-order valence-corrected chi connectivity index (χ1v) is 8.30. The molecule has 1 aliphatic rings. The molecule has 2 N–H and O–H groups in total. The molecule has 24 heavy (non-hydrogen) atoms. The lowest BCUT2D eigenvalue weighted by molar-refractivity contribution is -0.142. The highest BCUT2D eigenvalue weighted by Crippen LogP contribution is 2.33. The zero-order valence-corrected chi connectivity index (χ0v) is 13.4. The maximum atomic E-state index is 12.4. The fraction of sp³-hybridized carbons (Fsp3) is 0.300. The largest absolute Gasteiger partial charge is 0.479 e. The first-order chi connectivity index (χ1) is 11.6. The summed E-state index contributed by atoms with van der Waals surface area (Å²) in [4.78, 5) is 23.9. The van der Waals surface area contributed by atoms with Gasteiger partial charge in [-0.1, -0.05) is 54.6 Å². The van der Waals surface area contributed by atoms with Crippen molar-refractivity contribution < 1.29 is 14.7 Å². The molecule has 0 aromatic heterocycles. The van der Waals surface area contributed by atoms with Crippen LogP contribution in [-0.2, 0) is 16.0 Å². The van der Waals surface area contributed by atoms with Gasteiger partial charge in [-0.3, -0.25) is 4.79 Å². The van der Waals surface area contributed by atoms with Crippen LogP contribution in [0.1, 0.15) is 47.9 Å². The third-order valence-corrected chi connectivity index (χ3v) is 4.61. The lowest BCUT2D eigenvalue weighted by atomic mass is 9.81. The van der Waals surface area contributed by atoms with E-state index in [0.29, 0.717) is 12.0 Å². The second kappa shape index (κ2) is 7.30. The van der Waals surface area contributed by atoms with Crippen LogP contribution in [0, 0.1) is 0 Å². The number of carbonyl (C=O) groups excluding carboxylic acids is 1. The van der Waals surface area contributed by atoms with E-state index in [-0.39, 0.29) is 11.8 Å². The third kappa shape index (κ3) is 3.65. The van der Waals surface area contributed by atoms with Gasteiger partial charge in [0.25, 0.3) is 0 Å². The number of carbonyl (C=O) groups is 2. The summed E-state index contributed by atoms with van der Waals surface area (Å²) >= 11 is 0. The van der Waals surface area contributed by atoms with Crippen molar-refractivity contribution >= 4 is 11.9 Å². The molecular formula is C20H21NO3. The van der Waals surface area contributed by atoms with Gasteiger partial charge < -0.3 is 10.4 Å². The number of nitrogens with one attached hydrogen (secondary N) is 1. The molecule has 0 fully saturated rings. The molecule has 2 atom stereocenters. The lowest BCUT2D eigenvalue weighted by Gasteiger charge is -2.25. The number of amides is 1. The Morgan fingerprint density at radius 3 is 2.54 bits per heavy atom. The Labute approximate surface area is 141 Å². The molecule has 1 aliphatic carbocycles. The molecule has 4 heteroatoms. The van der Waals surface area contributed by atoms with Gasteiger partial charge in [0, 0.05) is 6.42 Å². The Morgan fingerprint density at radius 2 is 1.79 bits per heavy atom. The Kier molecular flexibility index (Phi) is 4.94. The smallest absolute Gasteiger partial charge is 0.330 e. The van der Waals surface area contributed by atoms with Crippen LogP contribution in [0.3, 0.4) is 0 Å². The summed E-state index contributed by atoms with van der Waals surface area (Å²) in [6.45, 7) is 0. The van der Waals surface area contributed by atoms with Crippen molar-refractivity contribution in [1.82, 2.24) is 5.32 Å². The summed E-state index contributed by atoms with van der Waals surface area (Å²) in [5, 5.41) is 12.1. The van der Waals surface area contributed by atoms with Crippen molar-refractivity contribution in [2.45, 2.75) is 37.6 Å². The normalized spacial score (nSPS) is 17.6. The van der Waals surface area contributed by atoms with Gasteiger partial charge in [-0.15, -0.1) is 0 Å². The van der Waals surface area contributed by atoms with E-state index in [1.54, 1.807) is 24.3 Å². The Hall–Kier alpha value is -2.62. The number of fused-ring (bicyclic) bond motifs is 1. The number of aliphatic carboxylic acids is 1. The van der Waals surface area contributed by atoms with E-state index in [1.165, 1.54) is 11.1 Å². The van der Waals surface area contributed by atoms with E-state index < -0.39 is 12.0 Å². The number of carboxylic acid groups (broad SMARTS) is 1. The average Bonchev–Trinajstić information content (AvgIpc) is 2.60. The maximum absolute atomic E-state index is 12.4. The van der Waals surface area contributed by atoms with Crippen molar-refractivity contribution in [3.63, 3.8) is 0 Å². The number of benzene rings is 2. The molecule has 0 radical (unpaired) electrons. The van der Waals surface area contributed by atoms with Gasteiger partial charge in [0.15, 0.2) is 6.04 Å². The molecule has 0 saturated carbocycles. The summed E-state index contributed by atoms with van der Waals surface area (Å²) in [5.41, 5.74) is 3.12. The van der Waals surface area contributed by atoms with Crippen LogP contribution in [0.4, 0.5) is 0 Å². The fourth-order valence-corrected chi connectivity index (χ4v) is 3.44. The van der Waals surface area contributed by atoms with Crippen molar-refractivity contribution in [2.24, 2.45) is 0 Å². The predicted molar refractivity (Wildman–Crippen MR) is 91.7 cm³/mol. The molecule has 2 aromatic rings. The highest BCUT2D eigenvalue weighted by Gasteiger charge is 2.26. The van der Waals surface area contributed by atoms with Gasteiger partial charge >= 0.3 is 5.97 Å². The first kappa shape index (κ1) is 16.2. The van der Waals surface area contributed by atoms with Crippen LogP contribution >= 0.6 is 0 Å². The quantitative estimate of drug-likeness (QED) is 0.886. The summed E-state index contributed by atoms with van der Waals surface area (Å²) in [6.07, 6.45) is 3.41. The minimum Gasteiger partial charge on any atom is -0.479 e. The van der Waals surface area contributed by atoms with Crippen LogP contribution in [0.2, 0.25) is 0 Å². The molecule has 0 heterocycles. The van der Waals surface area contributed by atoms with Crippen LogP contribution in [0.15, 0.2) is 54.6 Å². The SMILES string of the molecule is O=C(CC1CCCc2ccccc21)NC(C(=O)O)c1ccccc1. The molecule has 4 nitrogen and oxygen atoms in total. The molecule has 1 amide bonds. The van der Waals surface area contributed by atoms with Gasteiger partial charge in [-0.05, 0) is 41.9 Å². The fourth-order valence-electron chi connectivity index (χ4n) is 3.44. The van der Waals surface area contributed by atoms with E-state index in [1.807, 2.05) is 18.2 Å². The number of carboxylic acids is 1. The Bertz CT molecular complexity index is 727. The predicted octanol–water partition coefficient (Wildman–Crippen LogP) is 3.44.